The summed E-state index contributed by atoms with van der Waals surface area (Å²) >= 11 is 0. The van der Waals surface area contributed by atoms with Crippen LogP contribution in [0.2, 0.25) is 0 Å². The third kappa shape index (κ3) is 6.82. The maximum atomic E-state index is 12.7. The summed E-state index contributed by atoms with van der Waals surface area (Å²) in [4.78, 5) is 17.1. The topological polar surface area (TPSA) is 121 Å². The summed E-state index contributed by atoms with van der Waals surface area (Å²) in [5.41, 5.74) is 3.16. The summed E-state index contributed by atoms with van der Waals surface area (Å²) in [5, 5.41) is 11.3. The van der Waals surface area contributed by atoms with Crippen molar-refractivity contribution in [1.29, 1.82) is 5.26 Å². The predicted molar refractivity (Wildman–Crippen MR) is 109 cm³/mol. The van der Waals surface area contributed by atoms with E-state index in [2.05, 4.69) is 15.5 Å². The number of sulfonamides is 1. The number of urea groups is 1. The van der Waals surface area contributed by atoms with Gasteiger partial charge >= 0.3 is 12.4 Å². The van der Waals surface area contributed by atoms with Gasteiger partial charge in [-0.1, -0.05) is 0 Å². The molecule has 0 atom stereocenters. The number of alkyl halides is 3. The van der Waals surface area contributed by atoms with Gasteiger partial charge in [0.25, 0.3) is 0 Å². The van der Waals surface area contributed by atoms with Crippen molar-refractivity contribution in [2.24, 2.45) is 0 Å². The normalized spacial score (nSPS) is 15.5. The lowest BCUT2D eigenvalue weighted by molar-refractivity contribution is -0.274. The minimum Gasteiger partial charge on any atom is -0.406 e. The lowest BCUT2D eigenvalue weighted by Crippen LogP contribution is -2.43. The minimum atomic E-state index is -4.87. The standard InChI is InChI=1S/C20H19F3N4O5S/c21-20(22,23)31-16-5-7-18(8-6-16)33(29,30)27-11-9-17(10-12-27)32-26-19(28)25-15-3-1-14(13-24)2-4-15/h1-8,17H,9-12H2,(H2,25,26,28). The van der Waals surface area contributed by atoms with Gasteiger partial charge < -0.3 is 10.1 Å². The summed E-state index contributed by atoms with van der Waals surface area (Å²) in [5.74, 6) is -0.515. The molecule has 3 rings (SSSR count). The Kier molecular flexibility index (Phi) is 7.42. The number of rotatable bonds is 6. The maximum absolute atomic E-state index is 12.7. The number of piperidine rings is 1. The number of ether oxygens (including phenoxy) is 1. The SMILES string of the molecule is N#Cc1ccc(NC(=O)NOC2CCN(S(=O)(=O)c3ccc(OC(F)(F)F)cc3)CC2)cc1. The molecule has 1 aliphatic rings. The van der Waals surface area contributed by atoms with Gasteiger partial charge in [0.05, 0.1) is 22.6 Å². The molecule has 0 aliphatic carbocycles. The van der Waals surface area contributed by atoms with Crippen LogP contribution >= 0.6 is 0 Å². The zero-order chi connectivity index (χ0) is 24.1. The van der Waals surface area contributed by atoms with Gasteiger partial charge in [-0.2, -0.15) is 9.57 Å². The Morgan fingerprint density at radius 1 is 1.06 bits per heavy atom. The molecule has 0 bridgehead atoms. The summed E-state index contributed by atoms with van der Waals surface area (Å²) in [6.07, 6.45) is -4.70. The van der Waals surface area contributed by atoms with Gasteiger partial charge in [-0.15, -0.1) is 13.2 Å². The molecule has 33 heavy (non-hydrogen) atoms. The van der Waals surface area contributed by atoms with Crippen molar-refractivity contribution in [1.82, 2.24) is 9.79 Å². The summed E-state index contributed by atoms with van der Waals surface area (Å²) in [7, 11) is -3.91. The second-order valence-electron chi connectivity index (χ2n) is 6.99. The Hall–Kier alpha value is -3.34. The van der Waals surface area contributed by atoms with Crippen LogP contribution in [0.5, 0.6) is 5.75 Å². The Labute approximate surface area is 187 Å². The van der Waals surface area contributed by atoms with Gasteiger partial charge in [0.1, 0.15) is 5.75 Å². The van der Waals surface area contributed by atoms with E-state index in [-0.39, 0.29) is 18.0 Å². The second kappa shape index (κ2) is 10.1. The van der Waals surface area contributed by atoms with Crippen molar-refractivity contribution in [2.75, 3.05) is 18.4 Å². The van der Waals surface area contributed by atoms with E-state index < -0.39 is 34.3 Å². The molecule has 1 fully saturated rings. The number of nitrogens with one attached hydrogen (secondary N) is 2. The summed E-state index contributed by atoms with van der Waals surface area (Å²) < 4.78 is 67.2. The van der Waals surface area contributed by atoms with E-state index in [0.717, 1.165) is 24.3 Å². The lowest BCUT2D eigenvalue weighted by Gasteiger charge is -2.30. The number of amides is 2. The number of nitriles is 1. The molecule has 1 aliphatic heterocycles. The number of halogens is 3. The first kappa shape index (κ1) is 24.3. The molecule has 2 amide bonds. The van der Waals surface area contributed by atoms with Gasteiger partial charge in [-0.25, -0.2) is 18.7 Å². The molecule has 0 saturated carbocycles. The first-order valence-electron chi connectivity index (χ1n) is 9.65. The van der Waals surface area contributed by atoms with Gasteiger partial charge in [0.2, 0.25) is 10.0 Å². The van der Waals surface area contributed by atoms with Gasteiger partial charge in [0, 0.05) is 18.8 Å². The molecule has 0 spiro atoms. The quantitative estimate of drug-likeness (QED) is 0.607. The van der Waals surface area contributed by atoms with Crippen LogP contribution in [0.3, 0.4) is 0 Å². The van der Waals surface area contributed by atoms with E-state index in [1.165, 1.54) is 4.31 Å². The van der Waals surface area contributed by atoms with Crippen LogP contribution in [0.4, 0.5) is 23.7 Å². The fraction of sp³-hybridized carbons (Fsp3) is 0.300. The lowest BCUT2D eigenvalue weighted by atomic mass is 10.1. The zero-order valence-electron chi connectivity index (χ0n) is 17.0. The zero-order valence-corrected chi connectivity index (χ0v) is 17.8. The van der Waals surface area contributed by atoms with Crippen LogP contribution in [-0.2, 0) is 14.9 Å². The van der Waals surface area contributed by atoms with Crippen molar-refractivity contribution in [2.45, 2.75) is 30.2 Å². The van der Waals surface area contributed by atoms with Crippen molar-refractivity contribution in [3.05, 3.63) is 54.1 Å². The van der Waals surface area contributed by atoms with Crippen molar-refractivity contribution in [3.8, 4) is 11.8 Å². The average Bonchev–Trinajstić information content (AvgIpc) is 2.78. The fourth-order valence-electron chi connectivity index (χ4n) is 3.07. The molecule has 0 aromatic heterocycles. The largest absolute Gasteiger partial charge is 0.573 e. The van der Waals surface area contributed by atoms with Gasteiger partial charge in [-0.3, -0.25) is 4.84 Å². The van der Waals surface area contributed by atoms with Gasteiger partial charge in [0.15, 0.2) is 0 Å². The van der Waals surface area contributed by atoms with Crippen LogP contribution in [0.15, 0.2) is 53.4 Å². The number of benzene rings is 2. The van der Waals surface area contributed by atoms with E-state index in [4.69, 9.17) is 10.1 Å². The Morgan fingerprint density at radius 3 is 2.21 bits per heavy atom. The highest BCUT2D eigenvalue weighted by Crippen LogP contribution is 2.26. The second-order valence-corrected chi connectivity index (χ2v) is 8.92. The molecule has 1 saturated heterocycles. The van der Waals surface area contributed by atoms with E-state index >= 15 is 0 Å². The maximum Gasteiger partial charge on any atom is 0.573 e. The van der Waals surface area contributed by atoms with Crippen molar-refractivity contribution < 1.29 is 36.0 Å². The van der Waals surface area contributed by atoms with Crippen molar-refractivity contribution >= 4 is 21.7 Å². The van der Waals surface area contributed by atoms with Crippen LogP contribution in [-0.4, -0.2) is 44.3 Å². The number of anilines is 1. The molecular weight excluding hydrogens is 465 g/mol. The monoisotopic (exact) mass is 484 g/mol. The molecule has 2 N–H and O–H groups in total. The molecule has 9 nitrogen and oxygen atoms in total. The van der Waals surface area contributed by atoms with E-state index in [9.17, 15) is 26.4 Å². The molecule has 2 aromatic rings. The van der Waals surface area contributed by atoms with E-state index in [1.807, 2.05) is 6.07 Å². The Balaban J connectivity index is 1.47. The number of hydrogen-bond donors (Lipinski definition) is 2. The molecule has 13 heteroatoms. The molecule has 0 unspecified atom stereocenters. The van der Waals surface area contributed by atoms with Crippen molar-refractivity contribution in [3.63, 3.8) is 0 Å². The third-order valence-electron chi connectivity index (χ3n) is 4.69. The number of hydroxylamine groups is 1. The highest BCUT2D eigenvalue weighted by atomic mass is 32.2. The van der Waals surface area contributed by atoms with E-state index in [0.29, 0.717) is 24.1 Å². The summed E-state index contributed by atoms with van der Waals surface area (Å²) in [6.45, 7) is 0.208. The van der Waals surface area contributed by atoms with Gasteiger partial charge in [-0.05, 0) is 61.4 Å². The average molecular weight is 484 g/mol. The van der Waals surface area contributed by atoms with Crippen LogP contribution < -0.4 is 15.5 Å². The molecule has 0 radical (unpaired) electrons. The van der Waals surface area contributed by atoms with Crippen LogP contribution in [0.1, 0.15) is 18.4 Å². The molecule has 176 valence electrons. The summed E-state index contributed by atoms with van der Waals surface area (Å²) in [6, 6.07) is 11.5. The molecule has 2 aromatic carbocycles. The number of carbonyl (C=O) groups is 1. The van der Waals surface area contributed by atoms with Crippen LogP contribution in [0.25, 0.3) is 0 Å². The number of carbonyl (C=O) groups excluding carboxylic acids is 1. The fourth-order valence-corrected chi connectivity index (χ4v) is 4.54. The number of nitrogens with zero attached hydrogens (tertiary/aromatic N) is 2. The third-order valence-corrected chi connectivity index (χ3v) is 6.60. The Bertz CT molecular complexity index is 1110. The first-order chi connectivity index (χ1) is 15.6. The van der Waals surface area contributed by atoms with E-state index in [1.54, 1.807) is 24.3 Å². The predicted octanol–water partition coefficient (Wildman–Crippen LogP) is 3.36. The van der Waals surface area contributed by atoms with Crippen LogP contribution in [0, 0.1) is 11.3 Å². The smallest absolute Gasteiger partial charge is 0.406 e. The first-order valence-corrected chi connectivity index (χ1v) is 11.1. The Morgan fingerprint density at radius 2 is 1.67 bits per heavy atom. The minimum absolute atomic E-state index is 0.104. The highest BCUT2D eigenvalue weighted by Gasteiger charge is 2.32. The molecular formula is C20H19F3N4O5S. The highest BCUT2D eigenvalue weighted by molar-refractivity contribution is 7.89. The molecule has 1 heterocycles. The number of hydrogen-bond acceptors (Lipinski definition) is 6.